The van der Waals surface area contributed by atoms with Crippen LogP contribution in [0.3, 0.4) is 0 Å². The first-order valence-corrected chi connectivity index (χ1v) is 11.5. The average Bonchev–Trinajstić information content (AvgIpc) is 2.74. The molecule has 0 saturated heterocycles. The van der Waals surface area contributed by atoms with Crippen LogP contribution in [0.15, 0.2) is 57.5 Å². The van der Waals surface area contributed by atoms with Gasteiger partial charge < -0.3 is 14.6 Å². The summed E-state index contributed by atoms with van der Waals surface area (Å²) in [6, 6.07) is 14.3. The molecule has 1 unspecified atom stereocenters. The van der Waals surface area contributed by atoms with E-state index in [0.717, 1.165) is 8.95 Å². The molecule has 0 heterocycles. The van der Waals surface area contributed by atoms with E-state index in [4.69, 9.17) is 9.47 Å². The SMILES string of the molecule is CC.CC.CCC.O=C(OCC(O)COc1ccccc1)c1cc(Br)cc(Br)c1. The highest BCUT2D eigenvalue weighted by Crippen LogP contribution is 2.20. The minimum atomic E-state index is -0.889. The predicted octanol–water partition coefficient (Wildman–Crippen LogP) is 7.28. The molecule has 2 aromatic rings. The molecule has 2 rings (SSSR count). The normalized spacial score (nSPS) is 9.97. The minimum absolute atomic E-state index is 0.0550. The number of aliphatic hydroxyl groups excluding tert-OH is 1. The summed E-state index contributed by atoms with van der Waals surface area (Å²) in [6.45, 7) is 12.2. The monoisotopic (exact) mass is 532 g/mol. The van der Waals surface area contributed by atoms with Crippen molar-refractivity contribution in [1.29, 1.82) is 0 Å². The fourth-order valence-corrected chi connectivity index (χ4v) is 2.98. The van der Waals surface area contributed by atoms with E-state index in [-0.39, 0.29) is 13.2 Å². The second-order valence-corrected chi connectivity index (χ2v) is 7.07. The Bertz CT molecular complexity index is 628. The van der Waals surface area contributed by atoms with Crippen molar-refractivity contribution in [2.75, 3.05) is 13.2 Å². The molecule has 6 heteroatoms. The number of para-hydroxylation sites is 1. The van der Waals surface area contributed by atoms with Gasteiger partial charge in [0.15, 0.2) is 0 Å². The lowest BCUT2D eigenvalue weighted by atomic mass is 10.2. The molecule has 0 aromatic heterocycles. The van der Waals surface area contributed by atoms with Crippen LogP contribution >= 0.6 is 31.9 Å². The van der Waals surface area contributed by atoms with Gasteiger partial charge in [0.25, 0.3) is 0 Å². The number of carbonyl (C=O) groups is 1. The first-order valence-electron chi connectivity index (χ1n) is 9.95. The third kappa shape index (κ3) is 15.2. The zero-order valence-electron chi connectivity index (χ0n) is 18.2. The highest BCUT2D eigenvalue weighted by atomic mass is 79.9. The van der Waals surface area contributed by atoms with Gasteiger partial charge in [-0.1, -0.05) is 98.0 Å². The highest BCUT2D eigenvalue weighted by Gasteiger charge is 2.13. The number of hydrogen-bond acceptors (Lipinski definition) is 4. The van der Waals surface area contributed by atoms with Crippen LogP contribution in [-0.2, 0) is 4.74 Å². The van der Waals surface area contributed by atoms with Crippen molar-refractivity contribution >= 4 is 37.8 Å². The van der Waals surface area contributed by atoms with Gasteiger partial charge >= 0.3 is 5.97 Å². The lowest BCUT2D eigenvalue weighted by Gasteiger charge is -2.13. The number of carbonyl (C=O) groups excluding carboxylic acids is 1. The van der Waals surface area contributed by atoms with Crippen molar-refractivity contribution < 1.29 is 19.4 Å². The van der Waals surface area contributed by atoms with Gasteiger partial charge in [-0.05, 0) is 30.3 Å². The minimum Gasteiger partial charge on any atom is -0.491 e. The van der Waals surface area contributed by atoms with Crippen LogP contribution in [0.4, 0.5) is 0 Å². The second-order valence-electron chi connectivity index (χ2n) is 5.24. The zero-order valence-corrected chi connectivity index (χ0v) is 21.4. The molecule has 0 aliphatic rings. The molecule has 0 radical (unpaired) electrons. The molecule has 0 bridgehead atoms. The molecule has 1 N–H and O–H groups in total. The van der Waals surface area contributed by atoms with Crippen LogP contribution in [0.2, 0.25) is 0 Å². The molecule has 0 amide bonds. The quantitative estimate of drug-likeness (QED) is 0.396. The summed E-state index contributed by atoms with van der Waals surface area (Å²) in [5.41, 5.74) is 0.400. The molecule has 0 spiro atoms. The average molecular weight is 534 g/mol. The van der Waals surface area contributed by atoms with E-state index in [9.17, 15) is 9.90 Å². The standard InChI is InChI=1S/C16H14Br2O4.C3H8.2C2H6/c17-12-6-11(7-13(18)8-12)16(20)22-10-14(19)9-21-15-4-2-1-3-5-15;1-3-2;2*1-2/h1-8,14,19H,9-10H2;3H2,1-2H3;2*1-2H3. The summed E-state index contributed by atoms with van der Waals surface area (Å²) in [5, 5.41) is 9.79. The van der Waals surface area contributed by atoms with E-state index in [1.807, 2.05) is 52.0 Å². The Balaban J connectivity index is 0. The Hall–Kier alpha value is -1.37. The number of benzene rings is 2. The number of rotatable bonds is 6. The Morgan fingerprint density at radius 1 is 0.931 bits per heavy atom. The van der Waals surface area contributed by atoms with E-state index in [1.165, 1.54) is 6.42 Å². The molecule has 1 atom stereocenters. The first-order chi connectivity index (χ1) is 14.0. The number of halogens is 2. The van der Waals surface area contributed by atoms with Crippen LogP contribution < -0.4 is 4.74 Å². The predicted molar refractivity (Wildman–Crippen MR) is 129 cm³/mol. The maximum atomic E-state index is 11.9. The Kier molecular flexibility index (Phi) is 20.5. The van der Waals surface area contributed by atoms with E-state index < -0.39 is 12.1 Å². The fraction of sp³-hybridized carbons (Fsp3) is 0.435. The third-order valence-corrected chi connectivity index (χ3v) is 3.61. The molecule has 0 aliphatic heterocycles. The van der Waals surface area contributed by atoms with E-state index >= 15 is 0 Å². The second kappa shape index (κ2) is 19.9. The summed E-state index contributed by atoms with van der Waals surface area (Å²) in [6.07, 6.45) is 0.361. The lowest BCUT2D eigenvalue weighted by molar-refractivity contribution is 0.0130. The summed E-state index contributed by atoms with van der Waals surface area (Å²) in [5.74, 6) is 0.157. The molecular formula is C23H34Br2O4. The topological polar surface area (TPSA) is 55.8 Å². The Labute approximate surface area is 192 Å². The number of hydrogen-bond donors (Lipinski definition) is 1. The zero-order chi connectivity index (χ0) is 22.7. The highest BCUT2D eigenvalue weighted by molar-refractivity contribution is 9.11. The van der Waals surface area contributed by atoms with Crippen molar-refractivity contribution in [2.24, 2.45) is 0 Å². The molecule has 0 fully saturated rings. The van der Waals surface area contributed by atoms with E-state index in [1.54, 1.807) is 24.3 Å². The van der Waals surface area contributed by atoms with Crippen molar-refractivity contribution in [2.45, 2.75) is 54.1 Å². The maximum Gasteiger partial charge on any atom is 0.338 e. The van der Waals surface area contributed by atoms with Crippen molar-refractivity contribution in [3.05, 3.63) is 63.0 Å². The number of ether oxygens (including phenoxy) is 2. The van der Waals surface area contributed by atoms with Gasteiger partial charge in [-0.3, -0.25) is 0 Å². The molecule has 29 heavy (non-hydrogen) atoms. The smallest absolute Gasteiger partial charge is 0.338 e. The fourth-order valence-electron chi connectivity index (χ4n) is 1.68. The van der Waals surface area contributed by atoms with Crippen LogP contribution in [0, 0.1) is 0 Å². The summed E-state index contributed by atoms with van der Waals surface area (Å²) in [4.78, 5) is 11.9. The van der Waals surface area contributed by atoms with Gasteiger partial charge in [-0.2, -0.15) is 0 Å². The van der Waals surface area contributed by atoms with Gasteiger partial charge in [-0.15, -0.1) is 0 Å². The van der Waals surface area contributed by atoms with Gasteiger partial charge in [0.05, 0.1) is 5.56 Å². The number of aliphatic hydroxyl groups is 1. The van der Waals surface area contributed by atoms with E-state index in [0.29, 0.717) is 11.3 Å². The van der Waals surface area contributed by atoms with Gasteiger partial charge in [0.2, 0.25) is 0 Å². The number of esters is 1. The Morgan fingerprint density at radius 3 is 1.90 bits per heavy atom. The Morgan fingerprint density at radius 2 is 1.41 bits per heavy atom. The van der Waals surface area contributed by atoms with Crippen molar-refractivity contribution in [3.8, 4) is 5.75 Å². The van der Waals surface area contributed by atoms with Crippen LogP contribution in [0.5, 0.6) is 5.75 Å². The molecule has 2 aromatic carbocycles. The molecule has 164 valence electrons. The molecule has 4 nitrogen and oxygen atoms in total. The van der Waals surface area contributed by atoms with Crippen LogP contribution in [0.1, 0.15) is 58.3 Å². The summed E-state index contributed by atoms with van der Waals surface area (Å²) in [7, 11) is 0. The van der Waals surface area contributed by atoms with Gasteiger partial charge in [-0.25, -0.2) is 4.79 Å². The summed E-state index contributed by atoms with van der Waals surface area (Å²) >= 11 is 6.61. The molecular weight excluding hydrogens is 500 g/mol. The molecule has 0 saturated carbocycles. The van der Waals surface area contributed by atoms with E-state index in [2.05, 4.69) is 45.7 Å². The first kappa shape index (κ1) is 29.8. The van der Waals surface area contributed by atoms with Crippen molar-refractivity contribution in [3.63, 3.8) is 0 Å². The van der Waals surface area contributed by atoms with Gasteiger partial charge in [0.1, 0.15) is 25.1 Å². The van der Waals surface area contributed by atoms with Gasteiger partial charge in [0, 0.05) is 8.95 Å². The van der Waals surface area contributed by atoms with Crippen molar-refractivity contribution in [1.82, 2.24) is 0 Å². The summed E-state index contributed by atoms with van der Waals surface area (Å²) < 4.78 is 12.0. The lowest BCUT2D eigenvalue weighted by Crippen LogP contribution is -2.25. The maximum absolute atomic E-state index is 11.9. The van der Waals surface area contributed by atoms with Crippen LogP contribution in [-0.4, -0.2) is 30.4 Å². The largest absolute Gasteiger partial charge is 0.491 e. The third-order valence-electron chi connectivity index (χ3n) is 2.69. The molecule has 0 aliphatic carbocycles. The van der Waals surface area contributed by atoms with Crippen LogP contribution in [0.25, 0.3) is 0 Å².